The van der Waals surface area contributed by atoms with Gasteiger partial charge in [-0.15, -0.1) is 0 Å². The highest BCUT2D eigenvalue weighted by molar-refractivity contribution is 5.30. The molecule has 0 bridgehead atoms. The van der Waals surface area contributed by atoms with Crippen LogP contribution in [0, 0.1) is 13.8 Å². The highest BCUT2D eigenvalue weighted by Crippen LogP contribution is 2.14. The Labute approximate surface area is 78.0 Å². The zero-order valence-electron chi connectivity index (χ0n) is 8.12. The average molecular weight is 178 g/mol. The normalized spacial score (nSPS) is 16.6. The maximum Gasteiger partial charge on any atom is 0.228 e. The molecule has 0 aromatic carbocycles. The molecule has 2 rings (SSSR count). The van der Waals surface area contributed by atoms with Crippen molar-refractivity contribution in [2.45, 2.75) is 26.7 Å². The van der Waals surface area contributed by atoms with Crippen LogP contribution < -0.4 is 4.90 Å². The Morgan fingerprint density at radius 3 is 2.00 bits per heavy atom. The summed E-state index contributed by atoms with van der Waals surface area (Å²) in [6.45, 7) is 5.99. The molecule has 1 aliphatic rings. The molecule has 0 saturated carbocycles. The number of nitrogens with zero attached hydrogens (tertiary/aromatic N) is 4. The molecule has 1 aliphatic heterocycles. The standard InChI is InChI=1S/C9H14N4/c1-7-10-8(2)12-9(11-7)13-5-3-4-6-13/h3-6H2,1-2H3. The lowest BCUT2D eigenvalue weighted by atomic mass is 10.4. The first-order chi connectivity index (χ1) is 6.25. The van der Waals surface area contributed by atoms with E-state index in [1.54, 1.807) is 0 Å². The van der Waals surface area contributed by atoms with Gasteiger partial charge in [-0.25, -0.2) is 4.98 Å². The fraction of sp³-hybridized carbons (Fsp3) is 0.667. The van der Waals surface area contributed by atoms with Crippen LogP contribution in [0.2, 0.25) is 0 Å². The first-order valence-corrected chi connectivity index (χ1v) is 4.70. The van der Waals surface area contributed by atoms with Gasteiger partial charge < -0.3 is 4.90 Å². The summed E-state index contributed by atoms with van der Waals surface area (Å²) in [6, 6.07) is 0. The van der Waals surface area contributed by atoms with Crippen molar-refractivity contribution in [2.24, 2.45) is 0 Å². The molecule has 1 aromatic rings. The van der Waals surface area contributed by atoms with Gasteiger partial charge in [0.1, 0.15) is 11.6 Å². The van der Waals surface area contributed by atoms with Gasteiger partial charge in [-0.3, -0.25) is 0 Å². The number of hydrogen-bond acceptors (Lipinski definition) is 4. The summed E-state index contributed by atoms with van der Waals surface area (Å²) in [4.78, 5) is 15.0. The van der Waals surface area contributed by atoms with Crippen molar-refractivity contribution in [3.8, 4) is 0 Å². The Bertz CT molecular complexity index is 284. The van der Waals surface area contributed by atoms with Gasteiger partial charge in [-0.05, 0) is 26.7 Å². The molecule has 0 spiro atoms. The van der Waals surface area contributed by atoms with Gasteiger partial charge in [0, 0.05) is 13.1 Å². The number of anilines is 1. The molecule has 13 heavy (non-hydrogen) atoms. The van der Waals surface area contributed by atoms with Crippen molar-refractivity contribution in [3.05, 3.63) is 11.6 Å². The minimum atomic E-state index is 0.814. The highest BCUT2D eigenvalue weighted by atomic mass is 15.3. The van der Waals surface area contributed by atoms with Crippen LogP contribution in [0.4, 0.5) is 5.95 Å². The van der Waals surface area contributed by atoms with Gasteiger partial charge in [0.15, 0.2) is 0 Å². The molecular formula is C9H14N4. The van der Waals surface area contributed by atoms with E-state index < -0.39 is 0 Å². The molecule has 0 aliphatic carbocycles. The third-order valence-corrected chi connectivity index (χ3v) is 2.24. The maximum atomic E-state index is 4.32. The lowest BCUT2D eigenvalue weighted by Gasteiger charge is -2.14. The molecule has 2 heterocycles. The summed E-state index contributed by atoms with van der Waals surface area (Å²) in [5.41, 5.74) is 0. The van der Waals surface area contributed by atoms with Crippen LogP contribution >= 0.6 is 0 Å². The molecule has 70 valence electrons. The van der Waals surface area contributed by atoms with E-state index in [0.29, 0.717) is 0 Å². The monoisotopic (exact) mass is 178 g/mol. The number of rotatable bonds is 1. The summed E-state index contributed by atoms with van der Waals surface area (Å²) in [7, 11) is 0. The lowest BCUT2D eigenvalue weighted by molar-refractivity contribution is 0.837. The molecule has 4 nitrogen and oxygen atoms in total. The van der Waals surface area contributed by atoms with E-state index in [1.165, 1.54) is 12.8 Å². The van der Waals surface area contributed by atoms with E-state index in [0.717, 1.165) is 30.7 Å². The molecule has 4 heteroatoms. The zero-order chi connectivity index (χ0) is 9.26. The number of aryl methyl sites for hydroxylation is 2. The van der Waals surface area contributed by atoms with E-state index in [9.17, 15) is 0 Å². The van der Waals surface area contributed by atoms with Crippen molar-refractivity contribution in [1.29, 1.82) is 0 Å². The highest BCUT2D eigenvalue weighted by Gasteiger charge is 2.15. The van der Waals surface area contributed by atoms with Crippen molar-refractivity contribution in [2.75, 3.05) is 18.0 Å². The molecule has 0 atom stereocenters. The molecule has 0 amide bonds. The largest absolute Gasteiger partial charge is 0.341 e. The van der Waals surface area contributed by atoms with E-state index in [1.807, 2.05) is 13.8 Å². The van der Waals surface area contributed by atoms with Crippen LogP contribution in [-0.2, 0) is 0 Å². The average Bonchev–Trinajstić information content (AvgIpc) is 2.53. The molecule has 1 aromatic heterocycles. The van der Waals surface area contributed by atoms with Crippen LogP contribution in [0.15, 0.2) is 0 Å². The van der Waals surface area contributed by atoms with Gasteiger partial charge in [-0.1, -0.05) is 0 Å². The number of hydrogen-bond donors (Lipinski definition) is 0. The number of aromatic nitrogens is 3. The van der Waals surface area contributed by atoms with Crippen LogP contribution in [0.1, 0.15) is 24.5 Å². The topological polar surface area (TPSA) is 41.9 Å². The first-order valence-electron chi connectivity index (χ1n) is 4.70. The van der Waals surface area contributed by atoms with Crippen LogP contribution in [0.25, 0.3) is 0 Å². The fourth-order valence-corrected chi connectivity index (χ4v) is 1.66. The van der Waals surface area contributed by atoms with Crippen molar-refractivity contribution in [3.63, 3.8) is 0 Å². The SMILES string of the molecule is Cc1nc(C)nc(N2CCCC2)n1. The summed E-state index contributed by atoms with van der Waals surface area (Å²) in [5.74, 6) is 2.48. The molecule has 1 saturated heterocycles. The van der Waals surface area contributed by atoms with Gasteiger partial charge in [0.05, 0.1) is 0 Å². The molecular weight excluding hydrogens is 164 g/mol. The Hall–Kier alpha value is -1.19. The van der Waals surface area contributed by atoms with Gasteiger partial charge >= 0.3 is 0 Å². The van der Waals surface area contributed by atoms with Crippen molar-refractivity contribution >= 4 is 5.95 Å². The van der Waals surface area contributed by atoms with Gasteiger partial charge in [0.25, 0.3) is 0 Å². The molecule has 0 N–H and O–H groups in total. The van der Waals surface area contributed by atoms with Crippen LogP contribution in [-0.4, -0.2) is 28.0 Å². The fourth-order valence-electron chi connectivity index (χ4n) is 1.66. The van der Waals surface area contributed by atoms with Crippen LogP contribution in [0.3, 0.4) is 0 Å². The Balaban J connectivity index is 2.28. The third-order valence-electron chi connectivity index (χ3n) is 2.24. The second-order valence-corrected chi connectivity index (χ2v) is 3.42. The summed E-state index contributed by atoms with van der Waals surface area (Å²) in [5, 5.41) is 0. The summed E-state index contributed by atoms with van der Waals surface area (Å²) in [6.07, 6.45) is 2.51. The Morgan fingerprint density at radius 2 is 1.46 bits per heavy atom. The van der Waals surface area contributed by atoms with Gasteiger partial charge in [0.2, 0.25) is 5.95 Å². The minimum absolute atomic E-state index is 0.814. The second-order valence-electron chi connectivity index (χ2n) is 3.42. The van der Waals surface area contributed by atoms with Crippen molar-refractivity contribution < 1.29 is 0 Å². The van der Waals surface area contributed by atoms with Crippen LogP contribution in [0.5, 0.6) is 0 Å². The summed E-state index contributed by atoms with van der Waals surface area (Å²) < 4.78 is 0. The van der Waals surface area contributed by atoms with Gasteiger partial charge in [-0.2, -0.15) is 9.97 Å². The first kappa shape index (κ1) is 8.41. The predicted octanol–water partition coefficient (Wildman–Crippen LogP) is 1.09. The summed E-state index contributed by atoms with van der Waals surface area (Å²) >= 11 is 0. The van der Waals surface area contributed by atoms with E-state index in [2.05, 4.69) is 19.9 Å². The smallest absolute Gasteiger partial charge is 0.228 e. The van der Waals surface area contributed by atoms with Crippen molar-refractivity contribution in [1.82, 2.24) is 15.0 Å². The lowest BCUT2D eigenvalue weighted by Crippen LogP contribution is -2.21. The molecule has 0 unspecified atom stereocenters. The molecule has 1 fully saturated rings. The Morgan fingerprint density at radius 1 is 0.923 bits per heavy atom. The second kappa shape index (κ2) is 3.28. The molecule has 0 radical (unpaired) electrons. The van der Waals surface area contributed by atoms with E-state index in [4.69, 9.17) is 0 Å². The predicted molar refractivity (Wildman–Crippen MR) is 50.7 cm³/mol. The Kier molecular flexibility index (Phi) is 2.12. The third kappa shape index (κ3) is 1.76. The minimum Gasteiger partial charge on any atom is -0.341 e. The van der Waals surface area contributed by atoms with E-state index >= 15 is 0 Å². The van der Waals surface area contributed by atoms with E-state index in [-0.39, 0.29) is 0 Å². The zero-order valence-corrected chi connectivity index (χ0v) is 8.12. The maximum absolute atomic E-state index is 4.32. The quantitative estimate of drug-likeness (QED) is 0.645.